The Morgan fingerprint density at radius 1 is 1.18 bits per heavy atom. The summed E-state index contributed by atoms with van der Waals surface area (Å²) in [5.74, 6) is -0.781. The first-order valence-electron chi connectivity index (χ1n) is 9.55. The number of esters is 1. The molecule has 0 heterocycles. The molecule has 0 N–H and O–H groups in total. The number of carbonyl (C=O) groups excluding carboxylic acids is 3. The van der Waals surface area contributed by atoms with E-state index >= 15 is 0 Å². The van der Waals surface area contributed by atoms with Gasteiger partial charge in [0, 0.05) is 10.9 Å². The van der Waals surface area contributed by atoms with Crippen LogP contribution in [-0.2, 0) is 19.1 Å². The maximum absolute atomic E-state index is 13.0. The minimum absolute atomic E-state index is 0.000656. The molecule has 0 aromatic heterocycles. The van der Waals surface area contributed by atoms with Crippen LogP contribution < -0.4 is 4.90 Å². The highest BCUT2D eigenvalue weighted by Crippen LogP contribution is 2.32. The summed E-state index contributed by atoms with van der Waals surface area (Å²) < 4.78 is 5.71. The summed E-state index contributed by atoms with van der Waals surface area (Å²) in [4.78, 5) is 38.8. The third kappa shape index (κ3) is 6.92. The Morgan fingerprint density at radius 2 is 1.86 bits per heavy atom. The maximum Gasteiger partial charge on any atom is 0.328 e. The fourth-order valence-corrected chi connectivity index (χ4v) is 4.00. The largest absolute Gasteiger partial charge is 0.467 e. The average Bonchev–Trinajstić information content (AvgIpc) is 2.68. The normalized spacial score (nSPS) is 11.8. The maximum atomic E-state index is 13.0. The Hall–Kier alpha value is -1.34. The lowest BCUT2D eigenvalue weighted by molar-refractivity contribution is -0.142. The molecule has 0 fully saturated rings. The second-order valence-corrected chi connectivity index (χ2v) is 8.66. The van der Waals surface area contributed by atoms with Gasteiger partial charge in [0.1, 0.15) is 6.04 Å². The predicted molar refractivity (Wildman–Crippen MR) is 119 cm³/mol. The molecule has 0 aliphatic carbocycles. The van der Waals surface area contributed by atoms with Gasteiger partial charge in [-0.3, -0.25) is 14.5 Å². The number of unbranched alkanes of at least 4 members (excludes halogenated alkanes) is 3. The van der Waals surface area contributed by atoms with E-state index in [-0.39, 0.29) is 16.8 Å². The minimum Gasteiger partial charge on any atom is -0.467 e. The molecule has 0 saturated carbocycles. The molecule has 0 aliphatic rings. The number of halogens is 1. The van der Waals surface area contributed by atoms with E-state index in [2.05, 4.69) is 22.9 Å². The fraction of sp³-hybridized carbons (Fsp3) is 0.571. The van der Waals surface area contributed by atoms with Crippen LogP contribution in [0.15, 0.2) is 16.6 Å². The van der Waals surface area contributed by atoms with E-state index in [1.165, 1.54) is 12.0 Å². The minimum atomic E-state index is -0.788. The summed E-state index contributed by atoms with van der Waals surface area (Å²) in [6.07, 6.45) is 4.58. The third-order valence-corrected chi connectivity index (χ3v) is 6.37. The Kier molecular flexibility index (Phi) is 10.8. The molecule has 1 amide bonds. The van der Waals surface area contributed by atoms with Crippen LogP contribution in [0, 0.1) is 13.8 Å². The first-order chi connectivity index (χ1) is 13.2. The number of nitrogens with zero attached hydrogens (tertiary/aromatic N) is 1. The van der Waals surface area contributed by atoms with Crippen molar-refractivity contribution >= 4 is 50.4 Å². The van der Waals surface area contributed by atoms with Crippen LogP contribution in [0.4, 0.5) is 5.69 Å². The molecule has 28 heavy (non-hydrogen) atoms. The molecular formula is C21H30BrNO4S. The highest BCUT2D eigenvalue weighted by molar-refractivity contribution is 9.10. The van der Waals surface area contributed by atoms with Gasteiger partial charge in [-0.2, -0.15) is 0 Å². The second kappa shape index (κ2) is 12.3. The average molecular weight is 472 g/mol. The van der Waals surface area contributed by atoms with E-state index in [1.54, 1.807) is 6.92 Å². The van der Waals surface area contributed by atoms with Crippen LogP contribution in [0.1, 0.15) is 57.1 Å². The summed E-state index contributed by atoms with van der Waals surface area (Å²) in [5, 5.41) is 0.0119. The van der Waals surface area contributed by atoms with Crippen molar-refractivity contribution in [1.29, 1.82) is 0 Å². The lowest BCUT2D eigenvalue weighted by Crippen LogP contribution is -2.45. The van der Waals surface area contributed by atoms with E-state index in [0.29, 0.717) is 12.1 Å². The van der Waals surface area contributed by atoms with Gasteiger partial charge >= 0.3 is 5.97 Å². The Morgan fingerprint density at radius 3 is 2.46 bits per heavy atom. The van der Waals surface area contributed by atoms with Crippen molar-refractivity contribution in [3.8, 4) is 0 Å². The number of carbonyl (C=O) groups is 3. The predicted octanol–water partition coefficient (Wildman–Crippen LogP) is 5.19. The molecule has 1 rings (SSSR count). The molecule has 0 aliphatic heterocycles. The number of amides is 1. The molecule has 156 valence electrons. The van der Waals surface area contributed by atoms with Gasteiger partial charge in [-0.05, 0) is 44.4 Å². The topological polar surface area (TPSA) is 63.7 Å². The smallest absolute Gasteiger partial charge is 0.328 e. The van der Waals surface area contributed by atoms with E-state index in [9.17, 15) is 14.4 Å². The van der Waals surface area contributed by atoms with Crippen LogP contribution in [0.25, 0.3) is 0 Å². The molecule has 1 aromatic rings. The molecule has 0 saturated heterocycles. The quantitative estimate of drug-likeness (QED) is 0.346. The van der Waals surface area contributed by atoms with Gasteiger partial charge in [0.25, 0.3) is 0 Å². The standard InChI is InChI=1S/C21H30BrNO4S/c1-6-7-8-9-10-19(25)28-13-18(24)23(16(4)21(26)27-5)20-14(2)11-12-17(22)15(20)3/h11-12,16H,6-10,13H2,1-5H3/t16-/m0/s1. The van der Waals surface area contributed by atoms with Crippen LogP contribution in [-0.4, -0.2) is 35.9 Å². The summed E-state index contributed by atoms with van der Waals surface area (Å²) >= 11 is 4.51. The fourth-order valence-electron chi connectivity index (χ4n) is 2.97. The lowest BCUT2D eigenvalue weighted by Gasteiger charge is -2.30. The lowest BCUT2D eigenvalue weighted by atomic mass is 10.1. The van der Waals surface area contributed by atoms with Crippen LogP contribution in [0.5, 0.6) is 0 Å². The highest BCUT2D eigenvalue weighted by Gasteiger charge is 2.31. The third-order valence-electron chi connectivity index (χ3n) is 4.60. The van der Waals surface area contributed by atoms with E-state index in [0.717, 1.165) is 53.0 Å². The number of hydrogen-bond donors (Lipinski definition) is 0. The van der Waals surface area contributed by atoms with Gasteiger partial charge in [0.2, 0.25) is 5.91 Å². The van der Waals surface area contributed by atoms with Crippen molar-refractivity contribution in [2.24, 2.45) is 0 Å². The number of ether oxygens (including phenoxy) is 1. The van der Waals surface area contributed by atoms with Crippen molar-refractivity contribution in [3.63, 3.8) is 0 Å². The number of hydrogen-bond acceptors (Lipinski definition) is 5. The Bertz CT molecular complexity index is 708. The van der Waals surface area contributed by atoms with Gasteiger partial charge in [-0.1, -0.05) is 59.9 Å². The van der Waals surface area contributed by atoms with Crippen molar-refractivity contribution in [2.75, 3.05) is 17.8 Å². The van der Waals surface area contributed by atoms with Gasteiger partial charge in [0.15, 0.2) is 5.12 Å². The zero-order chi connectivity index (χ0) is 21.3. The van der Waals surface area contributed by atoms with E-state index < -0.39 is 12.0 Å². The zero-order valence-corrected chi connectivity index (χ0v) is 19.7. The van der Waals surface area contributed by atoms with Gasteiger partial charge in [0.05, 0.1) is 18.6 Å². The van der Waals surface area contributed by atoms with E-state index in [4.69, 9.17) is 4.74 Å². The monoisotopic (exact) mass is 471 g/mol. The number of thioether (sulfide) groups is 1. The highest BCUT2D eigenvalue weighted by atomic mass is 79.9. The number of aryl methyl sites for hydroxylation is 1. The number of methoxy groups -OCH3 is 1. The molecule has 1 atom stereocenters. The van der Waals surface area contributed by atoms with Gasteiger partial charge < -0.3 is 4.74 Å². The first-order valence-corrected chi connectivity index (χ1v) is 11.3. The summed E-state index contributed by atoms with van der Waals surface area (Å²) in [6, 6.07) is 3.01. The summed E-state index contributed by atoms with van der Waals surface area (Å²) in [7, 11) is 1.30. The van der Waals surface area contributed by atoms with E-state index in [1.807, 2.05) is 26.0 Å². The molecular weight excluding hydrogens is 442 g/mol. The van der Waals surface area contributed by atoms with Crippen LogP contribution >= 0.6 is 27.7 Å². The van der Waals surface area contributed by atoms with Crippen molar-refractivity contribution in [1.82, 2.24) is 0 Å². The molecule has 1 aromatic carbocycles. The molecule has 0 radical (unpaired) electrons. The van der Waals surface area contributed by atoms with Crippen LogP contribution in [0.3, 0.4) is 0 Å². The van der Waals surface area contributed by atoms with Gasteiger partial charge in [-0.25, -0.2) is 4.79 Å². The number of anilines is 1. The summed E-state index contributed by atoms with van der Waals surface area (Å²) in [5.41, 5.74) is 2.41. The Balaban J connectivity index is 2.98. The zero-order valence-electron chi connectivity index (χ0n) is 17.3. The SMILES string of the molecule is CCCCCCC(=O)SCC(=O)N(c1c(C)ccc(Br)c1C)[C@@H](C)C(=O)OC. The Labute approximate surface area is 180 Å². The number of benzene rings is 1. The van der Waals surface area contributed by atoms with Crippen molar-refractivity contribution in [3.05, 3.63) is 27.7 Å². The van der Waals surface area contributed by atoms with Crippen molar-refractivity contribution in [2.45, 2.75) is 65.8 Å². The molecule has 0 spiro atoms. The van der Waals surface area contributed by atoms with Crippen LogP contribution in [0.2, 0.25) is 0 Å². The first kappa shape index (κ1) is 24.7. The number of rotatable bonds is 10. The second-order valence-electron chi connectivity index (χ2n) is 6.77. The van der Waals surface area contributed by atoms with Gasteiger partial charge in [-0.15, -0.1) is 0 Å². The summed E-state index contributed by atoms with van der Waals surface area (Å²) in [6.45, 7) is 7.55. The molecule has 0 bridgehead atoms. The molecule has 5 nitrogen and oxygen atoms in total. The molecule has 0 unspecified atom stereocenters. The molecule has 7 heteroatoms. The van der Waals surface area contributed by atoms with Crippen molar-refractivity contribution < 1.29 is 19.1 Å².